The van der Waals surface area contributed by atoms with E-state index in [1.165, 1.54) is 0 Å². The molecule has 0 saturated heterocycles. The summed E-state index contributed by atoms with van der Waals surface area (Å²) in [6.07, 6.45) is 0. The van der Waals surface area contributed by atoms with Gasteiger partial charge in [-0.15, -0.1) is 0 Å². The lowest BCUT2D eigenvalue weighted by atomic mass is 10.9. The van der Waals surface area contributed by atoms with Crippen molar-refractivity contribution < 1.29 is 14.6 Å². The number of aliphatic hydroxyl groups excluding tert-OH is 1. The maximum atomic E-state index is 10.6. The standard InChI is InChI=1S/C6H15N3O3/c1-9(2)5-12-4-8-6(11)7-3-10/h10H,3-5H2,1-2H3,(H2,7,8,11). The van der Waals surface area contributed by atoms with Crippen molar-refractivity contribution in [1.29, 1.82) is 0 Å². The molecule has 0 saturated carbocycles. The Kier molecular flexibility index (Phi) is 6.35. The molecule has 0 aliphatic carbocycles. The Morgan fingerprint density at radius 1 is 1.50 bits per heavy atom. The SMILES string of the molecule is CN(C)COCNC(=O)NCO. The van der Waals surface area contributed by atoms with Crippen molar-refractivity contribution in [2.45, 2.75) is 0 Å². The Hall–Kier alpha value is -0.850. The van der Waals surface area contributed by atoms with Gasteiger partial charge in [-0.2, -0.15) is 0 Å². The molecule has 12 heavy (non-hydrogen) atoms. The Morgan fingerprint density at radius 2 is 2.17 bits per heavy atom. The van der Waals surface area contributed by atoms with E-state index in [1.807, 2.05) is 19.0 Å². The van der Waals surface area contributed by atoms with Gasteiger partial charge in [0.15, 0.2) is 0 Å². The number of amides is 2. The average Bonchev–Trinajstić information content (AvgIpc) is 1.98. The quantitative estimate of drug-likeness (QED) is 0.361. The van der Waals surface area contributed by atoms with Gasteiger partial charge in [0.2, 0.25) is 0 Å². The third kappa shape index (κ3) is 7.26. The molecule has 6 heteroatoms. The van der Waals surface area contributed by atoms with Gasteiger partial charge in [-0.1, -0.05) is 0 Å². The first kappa shape index (κ1) is 11.2. The molecule has 0 rings (SSSR count). The van der Waals surface area contributed by atoms with Crippen molar-refractivity contribution in [1.82, 2.24) is 15.5 Å². The van der Waals surface area contributed by atoms with Crippen molar-refractivity contribution in [2.75, 3.05) is 34.3 Å². The molecule has 0 spiro atoms. The number of nitrogens with zero attached hydrogens (tertiary/aromatic N) is 1. The zero-order chi connectivity index (χ0) is 9.40. The van der Waals surface area contributed by atoms with Crippen molar-refractivity contribution in [3.05, 3.63) is 0 Å². The van der Waals surface area contributed by atoms with Gasteiger partial charge >= 0.3 is 6.03 Å². The Morgan fingerprint density at radius 3 is 2.67 bits per heavy atom. The summed E-state index contributed by atoms with van der Waals surface area (Å²) in [5, 5.41) is 12.8. The van der Waals surface area contributed by atoms with Crippen LogP contribution in [0.1, 0.15) is 0 Å². The second-order valence-electron chi connectivity index (χ2n) is 2.40. The highest BCUT2D eigenvalue weighted by molar-refractivity contribution is 5.73. The fourth-order valence-corrected chi connectivity index (χ4v) is 0.479. The van der Waals surface area contributed by atoms with Crippen LogP contribution >= 0.6 is 0 Å². The summed E-state index contributed by atoms with van der Waals surface area (Å²) in [4.78, 5) is 12.4. The van der Waals surface area contributed by atoms with Crippen molar-refractivity contribution in [2.24, 2.45) is 0 Å². The van der Waals surface area contributed by atoms with Crippen LogP contribution in [-0.4, -0.2) is 50.3 Å². The van der Waals surface area contributed by atoms with E-state index >= 15 is 0 Å². The van der Waals surface area contributed by atoms with E-state index in [2.05, 4.69) is 10.6 Å². The van der Waals surface area contributed by atoms with Crippen LogP contribution in [0.5, 0.6) is 0 Å². The van der Waals surface area contributed by atoms with E-state index in [1.54, 1.807) is 0 Å². The lowest BCUT2D eigenvalue weighted by Crippen LogP contribution is -2.37. The molecule has 2 amide bonds. The van der Waals surface area contributed by atoms with Gasteiger partial charge in [-0.3, -0.25) is 4.90 Å². The van der Waals surface area contributed by atoms with Gasteiger partial charge in [-0.25, -0.2) is 4.79 Å². The average molecular weight is 177 g/mol. The number of carbonyl (C=O) groups is 1. The third-order valence-corrected chi connectivity index (χ3v) is 0.924. The van der Waals surface area contributed by atoms with Crippen LogP contribution in [0.15, 0.2) is 0 Å². The lowest BCUT2D eigenvalue weighted by Gasteiger charge is -2.10. The zero-order valence-electron chi connectivity index (χ0n) is 7.33. The summed E-state index contributed by atoms with van der Waals surface area (Å²) < 4.78 is 4.98. The van der Waals surface area contributed by atoms with Crippen LogP contribution in [0.25, 0.3) is 0 Å². The van der Waals surface area contributed by atoms with Crippen LogP contribution in [0.4, 0.5) is 4.79 Å². The second kappa shape index (κ2) is 6.84. The van der Waals surface area contributed by atoms with Crippen LogP contribution in [0.2, 0.25) is 0 Å². The van der Waals surface area contributed by atoms with Gasteiger partial charge in [0.05, 0.1) is 0 Å². The van der Waals surface area contributed by atoms with Gasteiger partial charge in [0.25, 0.3) is 0 Å². The minimum atomic E-state index is -0.448. The maximum Gasteiger partial charge on any atom is 0.318 e. The monoisotopic (exact) mass is 177 g/mol. The minimum Gasteiger partial charge on any atom is -0.376 e. The Labute approximate surface area is 71.5 Å². The van der Waals surface area contributed by atoms with Crippen molar-refractivity contribution >= 4 is 6.03 Å². The van der Waals surface area contributed by atoms with Gasteiger partial charge < -0.3 is 20.5 Å². The van der Waals surface area contributed by atoms with Crippen molar-refractivity contribution in [3.8, 4) is 0 Å². The van der Waals surface area contributed by atoms with Gasteiger partial charge in [-0.05, 0) is 14.1 Å². The highest BCUT2D eigenvalue weighted by atomic mass is 16.5. The van der Waals surface area contributed by atoms with E-state index in [-0.39, 0.29) is 13.5 Å². The van der Waals surface area contributed by atoms with Crippen LogP contribution in [0, 0.1) is 0 Å². The first-order valence-corrected chi connectivity index (χ1v) is 3.52. The summed E-state index contributed by atoms with van der Waals surface area (Å²) in [7, 11) is 3.71. The normalized spacial score (nSPS) is 10.0. The second-order valence-corrected chi connectivity index (χ2v) is 2.40. The molecule has 3 N–H and O–H groups in total. The van der Waals surface area contributed by atoms with E-state index < -0.39 is 6.03 Å². The fraction of sp³-hybridized carbons (Fsp3) is 0.833. The topological polar surface area (TPSA) is 73.8 Å². The molecular weight excluding hydrogens is 162 g/mol. The summed E-state index contributed by atoms with van der Waals surface area (Å²) in [6.45, 7) is 0.197. The Bertz CT molecular complexity index is 129. The molecular formula is C6H15N3O3. The molecule has 0 aliphatic rings. The van der Waals surface area contributed by atoms with E-state index in [0.29, 0.717) is 6.73 Å². The molecule has 0 aromatic rings. The summed E-state index contributed by atoms with van der Waals surface area (Å²) >= 11 is 0. The summed E-state index contributed by atoms with van der Waals surface area (Å²) in [5.41, 5.74) is 0. The third-order valence-electron chi connectivity index (χ3n) is 0.924. The number of urea groups is 1. The molecule has 0 heterocycles. The van der Waals surface area contributed by atoms with Crippen LogP contribution < -0.4 is 10.6 Å². The van der Waals surface area contributed by atoms with Gasteiger partial charge in [0, 0.05) is 0 Å². The fourth-order valence-electron chi connectivity index (χ4n) is 0.479. The predicted molar refractivity (Wildman–Crippen MR) is 43.3 cm³/mol. The molecule has 0 atom stereocenters. The highest BCUT2D eigenvalue weighted by Gasteiger charge is 1.95. The Balaban J connectivity index is 3.14. The molecule has 0 unspecified atom stereocenters. The van der Waals surface area contributed by atoms with Gasteiger partial charge in [0.1, 0.15) is 20.2 Å². The number of hydrogen-bond donors (Lipinski definition) is 3. The van der Waals surface area contributed by atoms with Crippen LogP contribution in [-0.2, 0) is 4.74 Å². The first-order chi connectivity index (χ1) is 5.66. The molecule has 0 bridgehead atoms. The molecule has 0 radical (unpaired) electrons. The highest BCUT2D eigenvalue weighted by Crippen LogP contribution is 1.75. The number of hydrogen-bond acceptors (Lipinski definition) is 4. The largest absolute Gasteiger partial charge is 0.376 e. The number of ether oxygens (including phenoxy) is 1. The molecule has 0 fully saturated rings. The molecule has 0 aliphatic heterocycles. The maximum absolute atomic E-state index is 10.6. The molecule has 6 nitrogen and oxygen atoms in total. The number of aliphatic hydroxyl groups is 1. The lowest BCUT2D eigenvalue weighted by molar-refractivity contribution is 0.0485. The molecule has 0 aromatic heterocycles. The molecule has 72 valence electrons. The molecule has 0 aromatic carbocycles. The number of rotatable bonds is 5. The van der Waals surface area contributed by atoms with E-state index in [4.69, 9.17) is 9.84 Å². The van der Waals surface area contributed by atoms with E-state index in [9.17, 15) is 4.79 Å². The van der Waals surface area contributed by atoms with Crippen LogP contribution in [0.3, 0.4) is 0 Å². The van der Waals surface area contributed by atoms with Crippen molar-refractivity contribution in [3.63, 3.8) is 0 Å². The number of nitrogens with one attached hydrogen (secondary N) is 2. The predicted octanol–water partition coefficient (Wildman–Crippen LogP) is -1.27. The summed E-state index contributed by atoms with van der Waals surface area (Å²) in [6, 6.07) is -0.448. The minimum absolute atomic E-state index is 0.129. The number of carbonyl (C=O) groups excluding carboxylic acids is 1. The summed E-state index contributed by atoms with van der Waals surface area (Å²) in [5.74, 6) is 0. The van der Waals surface area contributed by atoms with E-state index in [0.717, 1.165) is 0 Å². The first-order valence-electron chi connectivity index (χ1n) is 3.52. The smallest absolute Gasteiger partial charge is 0.318 e. The zero-order valence-corrected chi connectivity index (χ0v) is 7.33.